The average molecular weight is 414 g/mol. The maximum atomic E-state index is 13.0. The van der Waals surface area contributed by atoms with Crippen molar-refractivity contribution in [3.8, 4) is 0 Å². The number of benzene rings is 1. The van der Waals surface area contributed by atoms with Crippen LogP contribution in [0.3, 0.4) is 0 Å². The Morgan fingerprint density at radius 1 is 0.967 bits per heavy atom. The SMILES string of the molecule is CN(CC1CCN(CCc2ccc(F)cc2)CC1)C1CCN(Cc2ccco2)CC1. The second kappa shape index (κ2) is 10.6. The van der Waals surface area contributed by atoms with Crippen LogP contribution in [0.15, 0.2) is 47.1 Å². The van der Waals surface area contributed by atoms with E-state index in [1.807, 2.05) is 18.2 Å². The van der Waals surface area contributed by atoms with Gasteiger partial charge in [-0.1, -0.05) is 12.1 Å². The zero-order chi connectivity index (χ0) is 20.8. The van der Waals surface area contributed by atoms with Crippen molar-refractivity contribution < 1.29 is 8.81 Å². The normalized spacial score (nSPS) is 20.2. The third-order valence-electron chi connectivity index (χ3n) is 7.02. The zero-order valence-corrected chi connectivity index (χ0v) is 18.3. The smallest absolute Gasteiger partial charge is 0.123 e. The van der Waals surface area contributed by atoms with Gasteiger partial charge in [-0.15, -0.1) is 0 Å². The minimum absolute atomic E-state index is 0.146. The Balaban J connectivity index is 1.12. The molecule has 0 N–H and O–H groups in total. The topological polar surface area (TPSA) is 22.9 Å². The lowest BCUT2D eigenvalue weighted by molar-refractivity contribution is 0.0904. The number of halogens is 1. The first-order valence-electron chi connectivity index (χ1n) is 11.6. The molecule has 0 unspecified atom stereocenters. The van der Waals surface area contributed by atoms with Crippen molar-refractivity contribution in [1.29, 1.82) is 0 Å². The number of likely N-dealkylation sites (tertiary alicyclic amines) is 2. The fourth-order valence-electron chi connectivity index (χ4n) is 5.03. The predicted octanol–water partition coefficient (Wildman–Crippen LogP) is 4.27. The van der Waals surface area contributed by atoms with E-state index in [1.165, 1.54) is 50.9 Å². The molecule has 2 saturated heterocycles. The van der Waals surface area contributed by atoms with Crippen molar-refractivity contribution in [2.45, 2.75) is 44.7 Å². The highest BCUT2D eigenvalue weighted by Crippen LogP contribution is 2.23. The second-order valence-corrected chi connectivity index (χ2v) is 9.19. The predicted molar refractivity (Wildman–Crippen MR) is 119 cm³/mol. The van der Waals surface area contributed by atoms with Gasteiger partial charge in [0.25, 0.3) is 0 Å². The summed E-state index contributed by atoms with van der Waals surface area (Å²) in [7, 11) is 2.33. The lowest BCUT2D eigenvalue weighted by Gasteiger charge is -2.39. The highest BCUT2D eigenvalue weighted by atomic mass is 19.1. The Morgan fingerprint density at radius 3 is 2.33 bits per heavy atom. The Hall–Kier alpha value is -1.69. The van der Waals surface area contributed by atoms with Crippen molar-refractivity contribution in [3.63, 3.8) is 0 Å². The van der Waals surface area contributed by atoms with Gasteiger partial charge in [-0.05, 0) is 88.0 Å². The van der Waals surface area contributed by atoms with Crippen LogP contribution in [0.1, 0.15) is 37.0 Å². The maximum absolute atomic E-state index is 13.0. The van der Waals surface area contributed by atoms with Gasteiger partial charge in [0, 0.05) is 32.2 Å². The molecule has 0 aliphatic carbocycles. The summed E-state index contributed by atoms with van der Waals surface area (Å²) in [5, 5.41) is 0. The molecule has 4 rings (SSSR count). The van der Waals surface area contributed by atoms with Gasteiger partial charge in [0.1, 0.15) is 11.6 Å². The van der Waals surface area contributed by atoms with Crippen LogP contribution in [0.25, 0.3) is 0 Å². The Bertz CT molecular complexity index is 732. The molecule has 5 heteroatoms. The molecule has 3 heterocycles. The molecule has 0 spiro atoms. The van der Waals surface area contributed by atoms with Crippen molar-refractivity contribution >= 4 is 0 Å². The fourth-order valence-corrected chi connectivity index (χ4v) is 5.03. The first-order valence-corrected chi connectivity index (χ1v) is 11.6. The first kappa shape index (κ1) is 21.5. The molecule has 164 valence electrons. The Kier molecular flexibility index (Phi) is 7.58. The van der Waals surface area contributed by atoms with E-state index in [-0.39, 0.29) is 5.82 Å². The summed E-state index contributed by atoms with van der Waals surface area (Å²) in [5.41, 5.74) is 1.23. The highest BCUT2D eigenvalue weighted by Gasteiger charge is 2.26. The Morgan fingerprint density at radius 2 is 1.67 bits per heavy atom. The van der Waals surface area contributed by atoms with Gasteiger partial charge in [0.05, 0.1) is 12.8 Å². The summed E-state index contributed by atoms with van der Waals surface area (Å²) < 4.78 is 18.5. The van der Waals surface area contributed by atoms with Gasteiger partial charge in [0.2, 0.25) is 0 Å². The lowest BCUT2D eigenvalue weighted by Crippen LogP contribution is -2.46. The molecule has 2 aliphatic rings. The summed E-state index contributed by atoms with van der Waals surface area (Å²) in [5.74, 6) is 1.75. The summed E-state index contributed by atoms with van der Waals surface area (Å²) >= 11 is 0. The van der Waals surface area contributed by atoms with Crippen molar-refractivity contribution in [1.82, 2.24) is 14.7 Å². The van der Waals surface area contributed by atoms with Crippen LogP contribution in [-0.4, -0.2) is 67.1 Å². The van der Waals surface area contributed by atoms with Crippen molar-refractivity contribution in [2.24, 2.45) is 5.92 Å². The molecular formula is C25H36FN3O. The maximum Gasteiger partial charge on any atom is 0.123 e. The number of rotatable bonds is 8. The third-order valence-corrected chi connectivity index (χ3v) is 7.02. The highest BCUT2D eigenvalue weighted by molar-refractivity contribution is 5.16. The van der Waals surface area contributed by atoms with Crippen molar-refractivity contribution in [3.05, 3.63) is 59.8 Å². The van der Waals surface area contributed by atoms with Crippen LogP contribution in [0.2, 0.25) is 0 Å². The number of hydrogen-bond acceptors (Lipinski definition) is 4. The van der Waals surface area contributed by atoms with E-state index in [9.17, 15) is 4.39 Å². The van der Waals surface area contributed by atoms with Gasteiger partial charge in [-0.3, -0.25) is 4.90 Å². The molecule has 2 aliphatic heterocycles. The molecule has 2 aromatic rings. The molecule has 0 bridgehead atoms. The van der Waals surface area contributed by atoms with Crippen molar-refractivity contribution in [2.75, 3.05) is 46.3 Å². The molecule has 0 amide bonds. The zero-order valence-electron chi connectivity index (χ0n) is 18.3. The molecule has 0 atom stereocenters. The number of furan rings is 1. The lowest BCUT2D eigenvalue weighted by atomic mass is 9.94. The minimum Gasteiger partial charge on any atom is -0.468 e. The van der Waals surface area contributed by atoms with Gasteiger partial charge in [-0.2, -0.15) is 0 Å². The third kappa shape index (κ3) is 6.16. The second-order valence-electron chi connectivity index (χ2n) is 9.19. The average Bonchev–Trinajstić information content (AvgIpc) is 3.28. The van der Waals surface area contributed by atoms with Crippen LogP contribution >= 0.6 is 0 Å². The van der Waals surface area contributed by atoms with E-state index in [1.54, 1.807) is 18.4 Å². The van der Waals surface area contributed by atoms with E-state index in [4.69, 9.17) is 4.42 Å². The molecule has 0 radical (unpaired) electrons. The molecule has 30 heavy (non-hydrogen) atoms. The fraction of sp³-hybridized carbons (Fsp3) is 0.600. The molecule has 0 saturated carbocycles. The molecular weight excluding hydrogens is 377 g/mol. The van der Waals surface area contributed by atoms with Gasteiger partial charge < -0.3 is 14.2 Å². The van der Waals surface area contributed by atoms with E-state index in [0.717, 1.165) is 44.3 Å². The number of piperidine rings is 2. The van der Waals surface area contributed by atoms with E-state index in [0.29, 0.717) is 6.04 Å². The number of hydrogen-bond donors (Lipinski definition) is 0. The van der Waals surface area contributed by atoms with Crippen LogP contribution in [0, 0.1) is 11.7 Å². The number of nitrogens with zero attached hydrogens (tertiary/aromatic N) is 3. The van der Waals surface area contributed by atoms with Crippen LogP contribution < -0.4 is 0 Å². The quantitative estimate of drug-likeness (QED) is 0.645. The molecule has 2 fully saturated rings. The van der Waals surface area contributed by atoms with Crippen LogP contribution in [0.4, 0.5) is 4.39 Å². The van der Waals surface area contributed by atoms with Crippen LogP contribution in [0.5, 0.6) is 0 Å². The summed E-state index contributed by atoms with van der Waals surface area (Å²) in [6.45, 7) is 7.98. The monoisotopic (exact) mass is 413 g/mol. The van der Waals surface area contributed by atoms with E-state index >= 15 is 0 Å². The summed E-state index contributed by atoms with van der Waals surface area (Å²) in [6.07, 6.45) is 7.89. The molecule has 4 nitrogen and oxygen atoms in total. The van der Waals surface area contributed by atoms with Gasteiger partial charge >= 0.3 is 0 Å². The molecule has 1 aromatic carbocycles. The minimum atomic E-state index is -0.146. The van der Waals surface area contributed by atoms with Gasteiger partial charge in [0.15, 0.2) is 0 Å². The standard InChI is InChI=1S/C25H36FN3O/c1-27(24-11-16-29(17-12-24)20-25-3-2-18-30-25)19-22-9-14-28(15-10-22)13-8-21-4-6-23(26)7-5-21/h2-7,18,22,24H,8-17,19-20H2,1H3. The first-order chi connectivity index (χ1) is 14.7. The van der Waals surface area contributed by atoms with Crippen LogP contribution in [-0.2, 0) is 13.0 Å². The largest absolute Gasteiger partial charge is 0.468 e. The van der Waals surface area contributed by atoms with Gasteiger partial charge in [-0.25, -0.2) is 4.39 Å². The summed E-state index contributed by atoms with van der Waals surface area (Å²) in [4.78, 5) is 7.72. The molecule has 1 aromatic heterocycles. The van der Waals surface area contributed by atoms with E-state index < -0.39 is 0 Å². The summed E-state index contributed by atoms with van der Waals surface area (Å²) in [6, 6.07) is 11.7. The van der Waals surface area contributed by atoms with E-state index in [2.05, 4.69) is 27.8 Å². The Labute approximate surface area is 180 Å².